The Bertz CT molecular complexity index is 287. The molecule has 2 N–H and O–H groups in total. The number of hydrogen-bond acceptors (Lipinski definition) is 3. The van der Waals surface area contributed by atoms with Crippen molar-refractivity contribution in [1.82, 2.24) is 10.6 Å². The van der Waals surface area contributed by atoms with Crippen LogP contribution in [0.1, 0.15) is 41.5 Å². The SMILES string of the molecule is CNC(=O)[C@H](NC(=O)OC(C)(C)C)C(C)(C)C. The maximum absolute atomic E-state index is 11.7. The van der Waals surface area contributed by atoms with E-state index >= 15 is 0 Å². The molecule has 5 heteroatoms. The number of rotatable bonds is 2. The average molecular weight is 244 g/mol. The number of carbonyl (C=O) groups is 2. The highest BCUT2D eigenvalue weighted by Gasteiger charge is 2.33. The number of carbonyl (C=O) groups excluding carboxylic acids is 2. The monoisotopic (exact) mass is 244 g/mol. The molecule has 0 rings (SSSR count). The van der Waals surface area contributed by atoms with Crippen molar-refractivity contribution in [2.75, 3.05) is 7.05 Å². The van der Waals surface area contributed by atoms with E-state index in [1.165, 1.54) is 7.05 Å². The maximum atomic E-state index is 11.7. The fraction of sp³-hybridized carbons (Fsp3) is 0.833. The van der Waals surface area contributed by atoms with Gasteiger partial charge in [0.05, 0.1) is 0 Å². The molecular formula is C12H24N2O3. The van der Waals surface area contributed by atoms with Gasteiger partial charge in [0.25, 0.3) is 0 Å². The molecule has 0 spiro atoms. The first-order valence-corrected chi connectivity index (χ1v) is 5.68. The van der Waals surface area contributed by atoms with Crippen LogP contribution in [0.25, 0.3) is 0 Å². The first kappa shape index (κ1) is 15.7. The zero-order valence-corrected chi connectivity index (χ0v) is 11.8. The fourth-order valence-electron chi connectivity index (χ4n) is 1.25. The summed E-state index contributed by atoms with van der Waals surface area (Å²) in [6.45, 7) is 11.0. The third kappa shape index (κ3) is 6.14. The average Bonchev–Trinajstić information content (AvgIpc) is 2.08. The molecule has 0 unspecified atom stereocenters. The summed E-state index contributed by atoms with van der Waals surface area (Å²) in [5.41, 5.74) is -0.952. The van der Waals surface area contributed by atoms with Crippen LogP contribution in [-0.4, -0.2) is 30.7 Å². The number of amides is 2. The molecule has 0 saturated heterocycles. The van der Waals surface area contributed by atoms with E-state index in [0.717, 1.165) is 0 Å². The van der Waals surface area contributed by atoms with Gasteiger partial charge in [-0.25, -0.2) is 4.79 Å². The lowest BCUT2D eigenvalue weighted by atomic mass is 9.86. The second-order valence-electron chi connectivity index (χ2n) is 6.06. The van der Waals surface area contributed by atoms with Crippen molar-refractivity contribution in [2.45, 2.75) is 53.2 Å². The summed E-state index contributed by atoms with van der Waals surface area (Å²) >= 11 is 0. The summed E-state index contributed by atoms with van der Waals surface area (Å²) in [5.74, 6) is -0.233. The Morgan fingerprint density at radius 1 is 1.06 bits per heavy atom. The van der Waals surface area contributed by atoms with Gasteiger partial charge < -0.3 is 15.4 Å². The Balaban J connectivity index is 4.67. The first-order chi connectivity index (χ1) is 7.47. The minimum absolute atomic E-state index is 0.233. The standard InChI is InChI=1S/C12H24N2O3/c1-11(2,3)8(9(15)13-7)14-10(16)17-12(4,5)6/h8H,1-7H3,(H,13,15)(H,14,16)/t8-/m0/s1. The summed E-state index contributed by atoms with van der Waals surface area (Å²) in [4.78, 5) is 23.3. The molecule has 5 nitrogen and oxygen atoms in total. The molecule has 1 atom stereocenters. The zero-order valence-electron chi connectivity index (χ0n) is 11.8. The van der Waals surface area contributed by atoms with Crippen LogP contribution in [-0.2, 0) is 9.53 Å². The van der Waals surface area contributed by atoms with Crippen molar-refractivity contribution in [1.29, 1.82) is 0 Å². The molecule has 0 saturated carbocycles. The van der Waals surface area contributed by atoms with Crippen LogP contribution >= 0.6 is 0 Å². The van der Waals surface area contributed by atoms with Gasteiger partial charge in [0.15, 0.2) is 0 Å². The quantitative estimate of drug-likeness (QED) is 0.776. The van der Waals surface area contributed by atoms with Crippen LogP contribution in [0.5, 0.6) is 0 Å². The molecule has 0 heterocycles. The molecule has 0 aromatic heterocycles. The van der Waals surface area contributed by atoms with E-state index in [1.54, 1.807) is 20.8 Å². The highest BCUT2D eigenvalue weighted by molar-refractivity contribution is 5.86. The summed E-state index contributed by atoms with van der Waals surface area (Å²) < 4.78 is 5.13. The van der Waals surface area contributed by atoms with Crippen molar-refractivity contribution in [3.63, 3.8) is 0 Å². The van der Waals surface area contributed by atoms with Gasteiger partial charge in [-0.15, -0.1) is 0 Å². The topological polar surface area (TPSA) is 67.4 Å². The van der Waals surface area contributed by atoms with Crippen molar-refractivity contribution in [3.8, 4) is 0 Å². The molecule has 0 fully saturated rings. The molecule has 17 heavy (non-hydrogen) atoms. The van der Waals surface area contributed by atoms with Gasteiger partial charge in [-0.05, 0) is 26.2 Å². The number of alkyl carbamates (subject to hydrolysis) is 1. The minimum Gasteiger partial charge on any atom is -0.444 e. The van der Waals surface area contributed by atoms with E-state index in [0.29, 0.717) is 0 Å². The first-order valence-electron chi connectivity index (χ1n) is 5.68. The summed E-state index contributed by atoms with van der Waals surface area (Å²) in [7, 11) is 1.54. The van der Waals surface area contributed by atoms with E-state index in [1.807, 2.05) is 20.8 Å². The fourth-order valence-corrected chi connectivity index (χ4v) is 1.25. The predicted molar refractivity (Wildman–Crippen MR) is 66.7 cm³/mol. The van der Waals surface area contributed by atoms with Gasteiger partial charge in [-0.2, -0.15) is 0 Å². The third-order valence-corrected chi connectivity index (χ3v) is 2.04. The van der Waals surface area contributed by atoms with E-state index in [2.05, 4.69) is 10.6 Å². The van der Waals surface area contributed by atoms with Gasteiger partial charge in [0, 0.05) is 7.05 Å². The lowest BCUT2D eigenvalue weighted by molar-refractivity contribution is -0.125. The molecule has 0 bridgehead atoms. The van der Waals surface area contributed by atoms with Gasteiger partial charge in [0.1, 0.15) is 11.6 Å². The van der Waals surface area contributed by atoms with Gasteiger partial charge in [0.2, 0.25) is 5.91 Å². The van der Waals surface area contributed by atoms with Crippen LogP contribution in [0.2, 0.25) is 0 Å². The molecular weight excluding hydrogens is 220 g/mol. The van der Waals surface area contributed by atoms with Crippen molar-refractivity contribution in [2.24, 2.45) is 5.41 Å². The zero-order chi connectivity index (χ0) is 13.9. The van der Waals surface area contributed by atoms with Crippen molar-refractivity contribution in [3.05, 3.63) is 0 Å². The van der Waals surface area contributed by atoms with Gasteiger partial charge in [-0.3, -0.25) is 4.79 Å². The second-order valence-corrected chi connectivity index (χ2v) is 6.06. The smallest absolute Gasteiger partial charge is 0.408 e. The Morgan fingerprint density at radius 2 is 1.53 bits per heavy atom. The van der Waals surface area contributed by atoms with Crippen LogP contribution in [0, 0.1) is 5.41 Å². The largest absolute Gasteiger partial charge is 0.444 e. The van der Waals surface area contributed by atoms with Crippen LogP contribution in [0.4, 0.5) is 4.79 Å². The normalized spacial score (nSPS) is 13.8. The molecule has 0 aliphatic rings. The minimum atomic E-state index is -0.623. The van der Waals surface area contributed by atoms with Gasteiger partial charge >= 0.3 is 6.09 Å². The number of nitrogens with one attached hydrogen (secondary N) is 2. The molecule has 0 aliphatic heterocycles. The van der Waals surface area contributed by atoms with E-state index in [4.69, 9.17) is 4.74 Å². The molecule has 0 aromatic rings. The molecule has 0 aliphatic carbocycles. The number of hydrogen-bond donors (Lipinski definition) is 2. The molecule has 100 valence electrons. The number of likely N-dealkylation sites (N-methyl/N-ethyl adjacent to an activating group) is 1. The summed E-state index contributed by atoms with van der Waals surface area (Å²) in [6.07, 6.45) is -0.582. The lowest BCUT2D eigenvalue weighted by Gasteiger charge is -2.30. The second kappa shape index (κ2) is 5.38. The van der Waals surface area contributed by atoms with Crippen LogP contribution < -0.4 is 10.6 Å². The van der Waals surface area contributed by atoms with Crippen LogP contribution in [0.3, 0.4) is 0 Å². The molecule has 0 aromatic carbocycles. The van der Waals surface area contributed by atoms with Crippen LogP contribution in [0.15, 0.2) is 0 Å². The number of ether oxygens (including phenoxy) is 1. The maximum Gasteiger partial charge on any atom is 0.408 e. The summed E-state index contributed by atoms with van der Waals surface area (Å²) in [6, 6.07) is -0.623. The van der Waals surface area contributed by atoms with Crippen molar-refractivity contribution < 1.29 is 14.3 Å². The Hall–Kier alpha value is -1.26. The third-order valence-electron chi connectivity index (χ3n) is 2.04. The lowest BCUT2D eigenvalue weighted by Crippen LogP contribution is -2.53. The molecule has 0 radical (unpaired) electrons. The highest BCUT2D eigenvalue weighted by Crippen LogP contribution is 2.20. The van der Waals surface area contributed by atoms with E-state index < -0.39 is 17.7 Å². The molecule has 2 amide bonds. The summed E-state index contributed by atoms with van der Waals surface area (Å²) in [5, 5.41) is 5.12. The van der Waals surface area contributed by atoms with Crippen molar-refractivity contribution >= 4 is 12.0 Å². The van der Waals surface area contributed by atoms with Gasteiger partial charge in [-0.1, -0.05) is 20.8 Å². The predicted octanol–water partition coefficient (Wildman–Crippen LogP) is 1.67. The van der Waals surface area contributed by atoms with E-state index in [-0.39, 0.29) is 11.3 Å². The van der Waals surface area contributed by atoms with E-state index in [9.17, 15) is 9.59 Å². The Labute approximate surface area is 103 Å². The Morgan fingerprint density at radius 3 is 1.82 bits per heavy atom. The Kier molecular flexibility index (Phi) is 4.98. The highest BCUT2D eigenvalue weighted by atomic mass is 16.6.